The zero-order chi connectivity index (χ0) is 15.8. The summed E-state index contributed by atoms with van der Waals surface area (Å²) in [7, 11) is 1.65. The SMILES string of the molecule is COc1cc2c3c4c1O[C@]1(O)C[C@]4(CC[C@H]1O)CC[C@H]3NCC2. The highest BCUT2D eigenvalue weighted by molar-refractivity contribution is 5.62. The van der Waals surface area contributed by atoms with E-state index in [1.165, 1.54) is 16.7 Å². The van der Waals surface area contributed by atoms with Crippen LogP contribution in [0.15, 0.2) is 6.07 Å². The molecular weight excluding hydrogens is 294 g/mol. The summed E-state index contributed by atoms with van der Waals surface area (Å²) in [6.07, 6.45) is 4.24. The van der Waals surface area contributed by atoms with Gasteiger partial charge in [0.2, 0.25) is 5.79 Å². The van der Waals surface area contributed by atoms with Gasteiger partial charge >= 0.3 is 0 Å². The van der Waals surface area contributed by atoms with Crippen molar-refractivity contribution < 1.29 is 19.7 Å². The van der Waals surface area contributed by atoms with Gasteiger partial charge in [-0.1, -0.05) is 0 Å². The molecule has 1 spiro atoms. The Kier molecular flexibility index (Phi) is 2.70. The van der Waals surface area contributed by atoms with Crippen LogP contribution in [-0.4, -0.2) is 35.8 Å². The molecule has 1 aromatic rings. The van der Waals surface area contributed by atoms with E-state index >= 15 is 0 Å². The molecule has 1 aromatic carbocycles. The van der Waals surface area contributed by atoms with Crippen molar-refractivity contribution in [3.8, 4) is 11.5 Å². The topological polar surface area (TPSA) is 71.0 Å². The van der Waals surface area contributed by atoms with Crippen LogP contribution in [0.2, 0.25) is 0 Å². The van der Waals surface area contributed by atoms with Gasteiger partial charge in [-0.05, 0) is 55.8 Å². The minimum absolute atomic E-state index is 0.0876. The Labute approximate surface area is 135 Å². The maximum Gasteiger partial charge on any atom is 0.235 e. The third-order valence-electron chi connectivity index (χ3n) is 6.45. The van der Waals surface area contributed by atoms with Gasteiger partial charge in [0.15, 0.2) is 11.5 Å². The zero-order valence-corrected chi connectivity index (χ0v) is 13.4. The Balaban J connectivity index is 1.82. The first-order valence-electron chi connectivity index (χ1n) is 8.63. The van der Waals surface area contributed by atoms with Crippen molar-refractivity contribution in [2.45, 2.75) is 61.9 Å². The zero-order valence-electron chi connectivity index (χ0n) is 13.4. The van der Waals surface area contributed by atoms with Crippen LogP contribution in [0.5, 0.6) is 11.5 Å². The van der Waals surface area contributed by atoms with Crippen LogP contribution in [0.4, 0.5) is 0 Å². The van der Waals surface area contributed by atoms with Crippen LogP contribution < -0.4 is 14.8 Å². The van der Waals surface area contributed by atoms with Crippen LogP contribution in [-0.2, 0) is 11.8 Å². The molecule has 2 aliphatic heterocycles. The molecule has 2 aliphatic carbocycles. The first-order chi connectivity index (χ1) is 11.1. The van der Waals surface area contributed by atoms with Gasteiger partial charge < -0.3 is 25.0 Å². The molecule has 0 aromatic heterocycles. The standard InChI is InChI=1S/C18H23NO4/c1-22-12-8-10-4-7-19-11-2-5-17-6-3-13(20)18(21,9-17)23-16(12)15(17)14(10)11/h8,11,13,19-21H,2-7,9H2,1H3/t11-,13-,17-,18-/m1/s1. The maximum atomic E-state index is 10.9. The second-order valence-electron chi connectivity index (χ2n) is 7.61. The minimum atomic E-state index is -1.48. The van der Waals surface area contributed by atoms with E-state index in [2.05, 4.69) is 11.4 Å². The average Bonchev–Trinajstić information content (AvgIpc) is 2.55. The molecule has 1 saturated carbocycles. The second-order valence-corrected chi connectivity index (χ2v) is 7.61. The summed E-state index contributed by atoms with van der Waals surface area (Å²) in [4.78, 5) is 0. The van der Waals surface area contributed by atoms with E-state index in [0.717, 1.165) is 32.2 Å². The van der Waals surface area contributed by atoms with Gasteiger partial charge in [0.05, 0.1) is 7.11 Å². The number of fused-ring (bicyclic) bond motifs is 1. The molecule has 2 heterocycles. The molecule has 0 amide bonds. The highest BCUT2D eigenvalue weighted by Crippen LogP contribution is 2.62. The van der Waals surface area contributed by atoms with Gasteiger partial charge in [-0.2, -0.15) is 0 Å². The van der Waals surface area contributed by atoms with E-state index in [1.807, 2.05) is 0 Å². The van der Waals surface area contributed by atoms with Gasteiger partial charge in [-0.15, -0.1) is 0 Å². The molecule has 0 saturated heterocycles. The number of hydrogen-bond acceptors (Lipinski definition) is 5. The molecule has 4 aliphatic rings. The van der Waals surface area contributed by atoms with Crippen LogP contribution in [0, 0.1) is 0 Å². The number of ether oxygens (including phenoxy) is 2. The first-order valence-corrected chi connectivity index (χ1v) is 8.63. The monoisotopic (exact) mass is 317 g/mol. The lowest BCUT2D eigenvalue weighted by Crippen LogP contribution is -2.60. The first kappa shape index (κ1) is 14.1. The van der Waals surface area contributed by atoms with Crippen molar-refractivity contribution in [1.29, 1.82) is 0 Å². The quantitative estimate of drug-likeness (QED) is 0.733. The third kappa shape index (κ3) is 1.68. The molecule has 0 radical (unpaired) electrons. The Morgan fingerprint density at radius 1 is 1.35 bits per heavy atom. The number of hydrogen-bond donors (Lipinski definition) is 3. The molecular formula is C18H23NO4. The summed E-state index contributed by atoms with van der Waals surface area (Å²) in [5.41, 5.74) is 3.88. The Morgan fingerprint density at radius 2 is 2.17 bits per heavy atom. The van der Waals surface area contributed by atoms with E-state index in [9.17, 15) is 10.2 Å². The van der Waals surface area contributed by atoms with E-state index in [4.69, 9.17) is 9.47 Å². The molecule has 2 bridgehead atoms. The number of benzene rings is 1. The van der Waals surface area contributed by atoms with Crippen LogP contribution >= 0.6 is 0 Å². The smallest absolute Gasteiger partial charge is 0.235 e. The predicted molar refractivity (Wildman–Crippen MR) is 83.8 cm³/mol. The Hall–Kier alpha value is -1.30. The summed E-state index contributed by atoms with van der Waals surface area (Å²) in [6.45, 7) is 0.996. The van der Waals surface area contributed by atoms with Gasteiger partial charge in [-0.25, -0.2) is 0 Å². The van der Waals surface area contributed by atoms with Crippen molar-refractivity contribution in [2.24, 2.45) is 0 Å². The highest BCUT2D eigenvalue weighted by Gasteiger charge is 2.59. The van der Waals surface area contributed by atoms with Crippen molar-refractivity contribution in [3.05, 3.63) is 22.8 Å². The number of methoxy groups -OCH3 is 1. The molecule has 1 fully saturated rings. The normalized spacial score (nSPS) is 40.1. The molecule has 0 unspecified atom stereocenters. The molecule has 4 atom stereocenters. The summed E-state index contributed by atoms with van der Waals surface area (Å²) >= 11 is 0. The number of aliphatic hydroxyl groups is 2. The van der Waals surface area contributed by atoms with Crippen molar-refractivity contribution in [1.82, 2.24) is 5.32 Å². The summed E-state index contributed by atoms with van der Waals surface area (Å²) in [5.74, 6) is -0.133. The molecule has 124 valence electrons. The minimum Gasteiger partial charge on any atom is -0.493 e. The van der Waals surface area contributed by atoms with E-state index < -0.39 is 11.9 Å². The summed E-state index contributed by atoms with van der Waals surface area (Å²) in [5, 5.41) is 24.8. The van der Waals surface area contributed by atoms with Gasteiger partial charge in [-0.3, -0.25) is 0 Å². The lowest BCUT2D eigenvalue weighted by molar-refractivity contribution is -0.247. The fraction of sp³-hybridized carbons (Fsp3) is 0.667. The van der Waals surface area contributed by atoms with Crippen molar-refractivity contribution in [2.75, 3.05) is 13.7 Å². The molecule has 5 rings (SSSR count). The van der Waals surface area contributed by atoms with Gasteiger partial charge in [0.25, 0.3) is 0 Å². The fourth-order valence-electron chi connectivity index (χ4n) is 5.40. The van der Waals surface area contributed by atoms with Gasteiger partial charge in [0, 0.05) is 23.4 Å². The van der Waals surface area contributed by atoms with Crippen molar-refractivity contribution >= 4 is 0 Å². The summed E-state index contributed by atoms with van der Waals surface area (Å²) in [6, 6.07) is 2.45. The van der Waals surface area contributed by atoms with Crippen LogP contribution in [0.3, 0.4) is 0 Å². The average molecular weight is 317 g/mol. The molecule has 5 nitrogen and oxygen atoms in total. The third-order valence-corrected chi connectivity index (χ3v) is 6.45. The number of aliphatic hydroxyl groups excluding tert-OH is 1. The Morgan fingerprint density at radius 3 is 3.00 bits per heavy atom. The number of nitrogens with one attached hydrogen (secondary N) is 1. The lowest BCUT2D eigenvalue weighted by atomic mass is 9.57. The van der Waals surface area contributed by atoms with Gasteiger partial charge in [0.1, 0.15) is 6.10 Å². The van der Waals surface area contributed by atoms with Crippen molar-refractivity contribution in [3.63, 3.8) is 0 Å². The van der Waals surface area contributed by atoms with Crippen LogP contribution in [0.25, 0.3) is 0 Å². The lowest BCUT2D eigenvalue weighted by Gasteiger charge is -2.56. The second kappa shape index (κ2) is 4.41. The summed E-state index contributed by atoms with van der Waals surface area (Å²) < 4.78 is 11.6. The Bertz CT molecular complexity index is 690. The predicted octanol–water partition coefficient (Wildman–Crippen LogP) is 1.54. The highest BCUT2D eigenvalue weighted by atomic mass is 16.6. The van der Waals surface area contributed by atoms with E-state index in [-0.39, 0.29) is 5.41 Å². The largest absolute Gasteiger partial charge is 0.493 e. The molecule has 3 N–H and O–H groups in total. The molecule has 23 heavy (non-hydrogen) atoms. The molecule has 5 heteroatoms. The van der Waals surface area contributed by atoms with E-state index in [1.54, 1.807) is 7.11 Å². The number of rotatable bonds is 1. The van der Waals surface area contributed by atoms with Crippen LogP contribution in [0.1, 0.15) is 54.8 Å². The fourth-order valence-corrected chi connectivity index (χ4v) is 5.40. The van der Waals surface area contributed by atoms with E-state index in [0.29, 0.717) is 30.4 Å². The maximum absolute atomic E-state index is 10.9.